The van der Waals surface area contributed by atoms with Crippen LogP contribution in [-0.4, -0.2) is 44.1 Å². The van der Waals surface area contributed by atoms with Gasteiger partial charge in [0.15, 0.2) is 0 Å². The van der Waals surface area contributed by atoms with Gasteiger partial charge in [0.05, 0.1) is 12.2 Å². The molecule has 202 valence electrons. The molecule has 0 radical (unpaired) electrons. The first-order chi connectivity index (χ1) is 17.4. The zero-order valence-corrected chi connectivity index (χ0v) is 21.7. The fourth-order valence-corrected chi connectivity index (χ4v) is 4.92. The first kappa shape index (κ1) is 29.5. The minimum Gasteiger partial charge on any atom is -0.384 e. The van der Waals surface area contributed by atoms with E-state index in [9.17, 15) is 22.8 Å². The van der Waals surface area contributed by atoms with Crippen molar-refractivity contribution in [2.45, 2.75) is 51.1 Å². The number of hydrogen-bond acceptors (Lipinski definition) is 6. The number of nitrogens with two attached hydrogens (primary N) is 2. The summed E-state index contributed by atoms with van der Waals surface area (Å²) >= 11 is 0. The van der Waals surface area contributed by atoms with Crippen molar-refractivity contribution in [1.29, 1.82) is 5.41 Å². The molecule has 0 fully saturated rings. The number of benzene rings is 2. The van der Waals surface area contributed by atoms with E-state index in [1.165, 1.54) is 0 Å². The maximum atomic E-state index is 13.1. The van der Waals surface area contributed by atoms with Gasteiger partial charge in [-0.1, -0.05) is 74.9 Å². The first-order valence-corrected chi connectivity index (χ1v) is 13.4. The van der Waals surface area contributed by atoms with Gasteiger partial charge in [0.25, 0.3) is 0 Å². The summed E-state index contributed by atoms with van der Waals surface area (Å²) in [5.41, 5.74) is 12.5. The molecule has 3 atom stereocenters. The Labute approximate surface area is 218 Å². The minimum atomic E-state index is -3.90. The number of sulfonamides is 1. The van der Waals surface area contributed by atoms with E-state index in [1.807, 2.05) is 0 Å². The van der Waals surface area contributed by atoms with Gasteiger partial charge in [0, 0.05) is 13.5 Å². The zero-order chi connectivity index (χ0) is 27.6. The van der Waals surface area contributed by atoms with Gasteiger partial charge in [-0.25, -0.2) is 13.1 Å². The van der Waals surface area contributed by atoms with Gasteiger partial charge >= 0.3 is 0 Å². The van der Waals surface area contributed by atoms with E-state index in [0.717, 1.165) is 0 Å². The average molecular weight is 533 g/mol. The Bertz CT molecular complexity index is 1210. The highest BCUT2D eigenvalue weighted by molar-refractivity contribution is 7.88. The highest BCUT2D eigenvalue weighted by atomic mass is 32.2. The van der Waals surface area contributed by atoms with Crippen LogP contribution >= 0.6 is 0 Å². The monoisotopic (exact) mass is 532 g/mol. The molecule has 2 aromatic rings. The van der Waals surface area contributed by atoms with Crippen molar-refractivity contribution < 1.29 is 24.2 Å². The second-order valence-electron chi connectivity index (χ2n) is 8.79. The van der Waals surface area contributed by atoms with E-state index < -0.39 is 52.2 Å². The first-order valence-electron chi connectivity index (χ1n) is 11.8. The molecule has 3 amide bonds. The van der Waals surface area contributed by atoms with Gasteiger partial charge in [0.1, 0.15) is 17.9 Å². The molecule has 1 unspecified atom stereocenters. The fourth-order valence-electron chi connectivity index (χ4n) is 3.48. The van der Waals surface area contributed by atoms with Crippen LogP contribution in [0.1, 0.15) is 44.8 Å². The predicted molar refractivity (Wildman–Crippen MR) is 143 cm³/mol. The van der Waals surface area contributed by atoms with Crippen molar-refractivity contribution in [3.8, 4) is 0 Å². The number of carbonyl (C=O) groups excluding carboxylic acids is 3. The van der Waals surface area contributed by atoms with Gasteiger partial charge in [-0.15, -0.1) is 0 Å². The van der Waals surface area contributed by atoms with Crippen molar-refractivity contribution in [1.82, 2.24) is 15.4 Å². The van der Waals surface area contributed by atoms with Gasteiger partial charge < -0.3 is 22.1 Å². The second-order valence-corrected chi connectivity index (χ2v) is 10.5. The molecule has 0 aliphatic carbocycles. The quantitative estimate of drug-likeness (QED) is 0.153. The van der Waals surface area contributed by atoms with Crippen molar-refractivity contribution in [3.63, 3.8) is 0 Å². The molecular weight excluding hydrogens is 496 g/mol. The fraction of sp³-hybridized carbons (Fsp3) is 0.360. The topological polar surface area (TPSA) is 197 Å². The van der Waals surface area contributed by atoms with Crippen molar-refractivity contribution in [3.05, 3.63) is 71.3 Å². The van der Waals surface area contributed by atoms with E-state index in [1.54, 1.807) is 68.4 Å². The summed E-state index contributed by atoms with van der Waals surface area (Å²) in [6.45, 7) is 3.60. The molecule has 0 saturated carbocycles. The Morgan fingerprint density at radius 3 is 2.14 bits per heavy atom. The van der Waals surface area contributed by atoms with Crippen LogP contribution in [0.4, 0.5) is 0 Å². The third-order valence-electron chi connectivity index (χ3n) is 5.77. The van der Waals surface area contributed by atoms with Crippen molar-refractivity contribution in [2.24, 2.45) is 17.4 Å². The lowest BCUT2D eigenvalue weighted by atomic mass is 9.99. The molecule has 0 bridgehead atoms. The van der Waals surface area contributed by atoms with E-state index in [-0.39, 0.29) is 19.6 Å². The molecule has 0 aliphatic rings. The zero-order valence-electron chi connectivity index (χ0n) is 20.9. The third-order valence-corrected chi connectivity index (χ3v) is 7.10. The molecule has 0 saturated heterocycles. The van der Waals surface area contributed by atoms with E-state index >= 15 is 0 Å². The Balaban J connectivity index is 0.00000722. The van der Waals surface area contributed by atoms with Gasteiger partial charge in [-0.05, 0) is 17.0 Å². The number of nitrogens with one attached hydrogen (secondary N) is 4. The molecule has 11 nitrogen and oxygen atoms in total. The summed E-state index contributed by atoms with van der Waals surface area (Å²) in [6, 6.07) is 12.7. The number of rotatable bonds is 14. The lowest BCUT2D eigenvalue weighted by Gasteiger charge is -2.26. The normalized spacial score (nSPS) is 13.7. The number of amides is 3. The third kappa shape index (κ3) is 9.66. The number of hydrogen-bond donors (Lipinski definition) is 6. The number of amidine groups is 1. The maximum absolute atomic E-state index is 13.1. The molecule has 8 N–H and O–H groups in total. The summed E-state index contributed by atoms with van der Waals surface area (Å²) in [4.78, 5) is 37.6. The highest BCUT2D eigenvalue weighted by Gasteiger charge is 2.32. The molecule has 0 aromatic heterocycles. The van der Waals surface area contributed by atoms with Crippen LogP contribution < -0.4 is 26.8 Å². The van der Waals surface area contributed by atoms with Crippen LogP contribution in [0.2, 0.25) is 0 Å². The Hall–Kier alpha value is -3.77. The van der Waals surface area contributed by atoms with Crippen LogP contribution in [0, 0.1) is 11.3 Å². The molecule has 0 spiro atoms. The Morgan fingerprint density at radius 2 is 1.59 bits per heavy atom. The Morgan fingerprint density at radius 1 is 0.973 bits per heavy atom. The smallest absolute Gasteiger partial charge is 0.243 e. The number of carbonyl (C=O) groups is 3. The molecular formula is C25H36N6O5S. The maximum Gasteiger partial charge on any atom is 0.243 e. The van der Waals surface area contributed by atoms with E-state index in [2.05, 4.69) is 15.4 Å². The van der Waals surface area contributed by atoms with Gasteiger partial charge in [-0.2, -0.15) is 0 Å². The molecule has 0 aliphatic heterocycles. The lowest BCUT2D eigenvalue weighted by Crippen LogP contribution is -2.56. The minimum absolute atomic E-state index is 0. The van der Waals surface area contributed by atoms with Crippen molar-refractivity contribution >= 4 is 33.6 Å². The number of nitrogen functional groups attached to an aromatic ring is 1. The summed E-state index contributed by atoms with van der Waals surface area (Å²) in [7, 11) is -3.90. The lowest BCUT2D eigenvalue weighted by molar-refractivity contribution is -0.132. The van der Waals surface area contributed by atoms with Crippen LogP contribution in [0.15, 0.2) is 54.6 Å². The molecule has 2 aromatic carbocycles. The molecule has 37 heavy (non-hydrogen) atoms. The van der Waals surface area contributed by atoms with Crippen LogP contribution in [0.5, 0.6) is 0 Å². The van der Waals surface area contributed by atoms with Crippen LogP contribution in [-0.2, 0) is 36.7 Å². The summed E-state index contributed by atoms with van der Waals surface area (Å²) in [5.74, 6) is -3.01. The molecule has 12 heteroatoms. The van der Waals surface area contributed by atoms with Crippen LogP contribution in [0.3, 0.4) is 0 Å². The van der Waals surface area contributed by atoms with Crippen LogP contribution in [0.25, 0.3) is 0 Å². The summed E-state index contributed by atoms with van der Waals surface area (Å²) < 4.78 is 28.0. The predicted octanol–water partition coefficient (Wildman–Crippen LogP) is 0.727. The standard InChI is InChI=1S/C25H34N6O5S.H2/c1-3-16(2)22(31-37(35,36)15-18-7-5-4-6-8-18)25(34)30-20(13-21(26)32)24(33)29-14-17-9-11-19(12-10-17)23(27)28;/h4-12,16,20,22,31H,3,13-15H2,1-2H3,(H2,26,32)(H3,27,28)(H,29,33)(H,30,34);1H/t16?,20-,22+;/m0./s1. The van der Waals surface area contributed by atoms with E-state index in [4.69, 9.17) is 16.9 Å². The summed E-state index contributed by atoms with van der Waals surface area (Å²) in [5, 5.41) is 12.6. The Kier molecular flexibility index (Phi) is 10.8. The highest BCUT2D eigenvalue weighted by Crippen LogP contribution is 2.13. The largest absolute Gasteiger partial charge is 0.384 e. The van der Waals surface area contributed by atoms with Gasteiger partial charge in [-0.3, -0.25) is 19.8 Å². The van der Waals surface area contributed by atoms with Gasteiger partial charge in [0.2, 0.25) is 27.7 Å². The molecule has 2 rings (SSSR count). The molecule has 0 heterocycles. The van der Waals surface area contributed by atoms with E-state index in [0.29, 0.717) is 23.1 Å². The number of primary amides is 1. The summed E-state index contributed by atoms with van der Waals surface area (Å²) in [6.07, 6.45) is 0.0136. The van der Waals surface area contributed by atoms with Crippen molar-refractivity contribution in [2.75, 3.05) is 0 Å². The average Bonchev–Trinajstić information content (AvgIpc) is 2.85. The SMILES string of the molecule is CCC(C)[C@@H](NS(=O)(=O)Cc1ccccc1)C(=O)N[C@@H](CC(N)=O)C(=O)NCc1ccc(C(=N)N)cc1.[HH]. The second kappa shape index (κ2) is 13.5.